The quantitative estimate of drug-likeness (QED) is 0.751. The molecule has 1 unspecified atom stereocenters. The third-order valence-corrected chi connectivity index (χ3v) is 4.82. The van der Waals surface area contributed by atoms with Crippen LogP contribution in [0.25, 0.3) is 0 Å². The molecular weight excluding hydrogens is 281 g/mol. The molecule has 1 nitrogen and oxygen atoms in total. The van der Waals surface area contributed by atoms with Crippen molar-refractivity contribution in [3.05, 3.63) is 57.5 Å². The number of halogens is 1. The van der Waals surface area contributed by atoms with Crippen LogP contribution in [0.3, 0.4) is 0 Å². The predicted octanol–water partition coefficient (Wildman–Crippen LogP) is 4.60. The molecule has 2 rings (SSSR count). The van der Waals surface area contributed by atoms with Crippen molar-refractivity contribution in [3.8, 4) is 0 Å². The third kappa shape index (κ3) is 5.25. The van der Waals surface area contributed by atoms with Crippen molar-refractivity contribution in [2.75, 3.05) is 6.54 Å². The molecule has 2 aromatic rings. The molecule has 1 atom stereocenters. The van der Waals surface area contributed by atoms with Crippen molar-refractivity contribution < 1.29 is 4.39 Å². The smallest absolute Gasteiger partial charge is 0.123 e. The molecule has 0 aliphatic rings. The van der Waals surface area contributed by atoms with Gasteiger partial charge in [0.25, 0.3) is 0 Å². The molecule has 0 spiro atoms. The van der Waals surface area contributed by atoms with Gasteiger partial charge in [0.05, 0.1) is 0 Å². The van der Waals surface area contributed by atoms with Crippen molar-refractivity contribution in [2.24, 2.45) is 0 Å². The van der Waals surface area contributed by atoms with Crippen LogP contribution in [-0.2, 0) is 19.3 Å². The first-order chi connectivity index (χ1) is 10.2. The van der Waals surface area contributed by atoms with Gasteiger partial charge < -0.3 is 5.32 Å². The molecule has 1 aromatic carbocycles. The first-order valence-corrected chi connectivity index (χ1v) is 8.58. The van der Waals surface area contributed by atoms with Crippen LogP contribution in [0.2, 0.25) is 0 Å². The summed E-state index contributed by atoms with van der Waals surface area (Å²) in [5, 5.41) is 3.60. The van der Waals surface area contributed by atoms with E-state index in [4.69, 9.17) is 0 Å². The number of aryl methyl sites for hydroxylation is 1. The fourth-order valence-electron chi connectivity index (χ4n) is 2.48. The van der Waals surface area contributed by atoms with Crippen LogP contribution in [-0.4, -0.2) is 12.6 Å². The normalized spacial score (nSPS) is 12.5. The monoisotopic (exact) mass is 305 g/mol. The molecule has 1 heterocycles. The second-order valence-electron chi connectivity index (χ2n) is 5.41. The van der Waals surface area contributed by atoms with E-state index in [-0.39, 0.29) is 5.82 Å². The number of rotatable bonds is 8. The lowest BCUT2D eigenvalue weighted by molar-refractivity contribution is 0.506. The van der Waals surface area contributed by atoms with Crippen LogP contribution in [0, 0.1) is 5.82 Å². The first kappa shape index (κ1) is 16.2. The zero-order valence-electron chi connectivity index (χ0n) is 12.9. The van der Waals surface area contributed by atoms with E-state index in [0.29, 0.717) is 6.04 Å². The number of thiophene rings is 1. The van der Waals surface area contributed by atoms with Crippen molar-refractivity contribution in [1.29, 1.82) is 0 Å². The van der Waals surface area contributed by atoms with Gasteiger partial charge in [0.1, 0.15) is 5.82 Å². The molecule has 0 aliphatic heterocycles. The van der Waals surface area contributed by atoms with E-state index in [9.17, 15) is 4.39 Å². The van der Waals surface area contributed by atoms with Crippen LogP contribution < -0.4 is 5.32 Å². The highest BCUT2D eigenvalue weighted by Crippen LogP contribution is 2.20. The van der Waals surface area contributed by atoms with Gasteiger partial charge in [-0.05, 0) is 62.1 Å². The Balaban J connectivity index is 2.03. The minimum Gasteiger partial charge on any atom is -0.313 e. The minimum atomic E-state index is -0.147. The highest BCUT2D eigenvalue weighted by Gasteiger charge is 2.12. The topological polar surface area (TPSA) is 12.0 Å². The molecule has 1 aromatic heterocycles. The largest absolute Gasteiger partial charge is 0.313 e. The molecule has 1 N–H and O–H groups in total. The Bertz CT molecular complexity index is 550. The van der Waals surface area contributed by atoms with E-state index in [1.807, 2.05) is 17.4 Å². The molecule has 0 saturated heterocycles. The van der Waals surface area contributed by atoms with E-state index in [1.165, 1.54) is 15.8 Å². The summed E-state index contributed by atoms with van der Waals surface area (Å²) in [5.41, 5.74) is 1.07. The Labute approximate surface area is 131 Å². The maximum absolute atomic E-state index is 13.3. The van der Waals surface area contributed by atoms with Crippen molar-refractivity contribution in [3.63, 3.8) is 0 Å². The van der Waals surface area contributed by atoms with Gasteiger partial charge in [-0.2, -0.15) is 0 Å². The van der Waals surface area contributed by atoms with Crippen LogP contribution >= 0.6 is 11.3 Å². The zero-order chi connectivity index (χ0) is 15.1. The molecule has 114 valence electrons. The lowest BCUT2D eigenvalue weighted by Gasteiger charge is -2.18. The van der Waals surface area contributed by atoms with Gasteiger partial charge >= 0.3 is 0 Å². The Morgan fingerprint density at radius 2 is 1.90 bits per heavy atom. The van der Waals surface area contributed by atoms with E-state index >= 15 is 0 Å². The Hall–Kier alpha value is -1.19. The van der Waals surface area contributed by atoms with E-state index in [1.54, 1.807) is 12.1 Å². The molecule has 0 bridgehead atoms. The minimum absolute atomic E-state index is 0.147. The van der Waals surface area contributed by atoms with Crippen molar-refractivity contribution in [2.45, 2.75) is 45.6 Å². The van der Waals surface area contributed by atoms with Crippen molar-refractivity contribution >= 4 is 11.3 Å². The lowest BCUT2D eigenvalue weighted by Crippen LogP contribution is -2.33. The third-order valence-electron chi connectivity index (χ3n) is 3.57. The summed E-state index contributed by atoms with van der Waals surface area (Å²) in [7, 11) is 0. The van der Waals surface area contributed by atoms with E-state index in [0.717, 1.165) is 37.8 Å². The summed E-state index contributed by atoms with van der Waals surface area (Å²) >= 11 is 1.89. The van der Waals surface area contributed by atoms with Gasteiger partial charge in [-0.3, -0.25) is 0 Å². The Morgan fingerprint density at radius 3 is 2.57 bits per heavy atom. The molecule has 0 radical (unpaired) electrons. The van der Waals surface area contributed by atoms with E-state index in [2.05, 4.69) is 31.3 Å². The summed E-state index contributed by atoms with van der Waals surface area (Å²) in [5.74, 6) is -0.147. The van der Waals surface area contributed by atoms with Gasteiger partial charge in [-0.15, -0.1) is 11.3 Å². The Kier molecular flexibility index (Phi) is 6.40. The van der Waals surface area contributed by atoms with Gasteiger partial charge in [0.15, 0.2) is 0 Å². The predicted molar refractivity (Wildman–Crippen MR) is 89.6 cm³/mol. The van der Waals surface area contributed by atoms with Gasteiger partial charge in [0, 0.05) is 15.8 Å². The summed E-state index contributed by atoms with van der Waals surface area (Å²) in [6.45, 7) is 5.37. The van der Waals surface area contributed by atoms with Crippen LogP contribution in [0.15, 0.2) is 36.4 Å². The molecule has 0 amide bonds. The number of hydrogen-bond donors (Lipinski definition) is 1. The molecule has 0 fully saturated rings. The maximum atomic E-state index is 13.3. The van der Waals surface area contributed by atoms with Gasteiger partial charge in [-0.25, -0.2) is 4.39 Å². The molecular formula is C18H24FNS. The highest BCUT2D eigenvalue weighted by atomic mass is 32.1. The maximum Gasteiger partial charge on any atom is 0.123 e. The van der Waals surface area contributed by atoms with Gasteiger partial charge in [-0.1, -0.05) is 26.0 Å². The number of benzene rings is 1. The zero-order valence-corrected chi connectivity index (χ0v) is 13.7. The first-order valence-electron chi connectivity index (χ1n) is 7.76. The van der Waals surface area contributed by atoms with Gasteiger partial charge in [0.2, 0.25) is 0 Å². The highest BCUT2D eigenvalue weighted by molar-refractivity contribution is 7.11. The number of nitrogens with one attached hydrogen (secondary N) is 1. The summed E-state index contributed by atoms with van der Waals surface area (Å²) < 4.78 is 13.3. The molecule has 0 aliphatic carbocycles. The second kappa shape index (κ2) is 8.30. The summed E-state index contributed by atoms with van der Waals surface area (Å²) in [6.07, 6.45) is 4.10. The van der Waals surface area contributed by atoms with Crippen LogP contribution in [0.4, 0.5) is 4.39 Å². The number of hydrogen-bond acceptors (Lipinski definition) is 2. The average Bonchev–Trinajstić information content (AvgIpc) is 2.92. The summed E-state index contributed by atoms with van der Waals surface area (Å²) in [6, 6.07) is 11.8. The Morgan fingerprint density at radius 1 is 1.10 bits per heavy atom. The lowest BCUT2D eigenvalue weighted by atomic mass is 10.0. The van der Waals surface area contributed by atoms with Crippen LogP contribution in [0.1, 0.15) is 35.6 Å². The standard InChI is InChI=1S/C18H24FNS/c1-3-10-20-16(12-14-6-5-7-15(19)11-14)13-18-9-8-17(4-2)21-18/h5-9,11,16,20H,3-4,10,12-13H2,1-2H3. The van der Waals surface area contributed by atoms with E-state index < -0.39 is 0 Å². The SMILES string of the molecule is CCCNC(Cc1cccc(F)c1)Cc1ccc(CC)s1. The fraction of sp³-hybridized carbons (Fsp3) is 0.444. The summed E-state index contributed by atoms with van der Waals surface area (Å²) in [4.78, 5) is 2.85. The van der Waals surface area contributed by atoms with Crippen LogP contribution in [0.5, 0.6) is 0 Å². The van der Waals surface area contributed by atoms with Crippen molar-refractivity contribution in [1.82, 2.24) is 5.32 Å². The molecule has 21 heavy (non-hydrogen) atoms. The molecule has 0 saturated carbocycles. The second-order valence-corrected chi connectivity index (χ2v) is 6.66. The molecule has 3 heteroatoms. The average molecular weight is 305 g/mol. The fourth-order valence-corrected chi connectivity index (χ4v) is 3.52.